The molecule has 9 heteroatoms. The molecule has 0 aliphatic carbocycles. The maximum Gasteiger partial charge on any atom is 0.422 e. The molecule has 1 aromatic rings. The zero-order valence-corrected chi connectivity index (χ0v) is 16.2. The molecule has 0 bridgehead atoms. The van der Waals surface area contributed by atoms with Gasteiger partial charge in [0.05, 0.1) is 6.04 Å². The number of alkyl halides is 3. The van der Waals surface area contributed by atoms with Gasteiger partial charge in [-0.3, -0.25) is 4.99 Å². The van der Waals surface area contributed by atoms with E-state index in [1.54, 1.807) is 18.3 Å². The zero-order valence-electron chi connectivity index (χ0n) is 16.2. The van der Waals surface area contributed by atoms with Gasteiger partial charge in [0.15, 0.2) is 6.61 Å². The Morgan fingerprint density at radius 2 is 1.82 bits per heavy atom. The summed E-state index contributed by atoms with van der Waals surface area (Å²) < 4.78 is 40.9. The molecule has 156 valence electrons. The van der Waals surface area contributed by atoms with E-state index in [2.05, 4.69) is 9.73 Å². The van der Waals surface area contributed by atoms with Crippen LogP contribution in [0.2, 0.25) is 0 Å². The number of nitrogens with one attached hydrogen (secondary N) is 1. The smallest absolute Gasteiger partial charge is 0.422 e. The molecule has 0 amide bonds. The Bertz CT molecular complexity index is 702. The second-order valence-electron chi connectivity index (χ2n) is 7.22. The van der Waals surface area contributed by atoms with Crippen molar-refractivity contribution >= 4 is 11.7 Å². The average molecular weight is 400 g/mol. The quantitative estimate of drug-likeness (QED) is 0.766. The number of carbonyl (C=O) groups is 1. The Balaban J connectivity index is 0.000000696. The summed E-state index contributed by atoms with van der Waals surface area (Å²) in [5, 5.41) is 8.82. The van der Waals surface area contributed by atoms with E-state index in [0.717, 1.165) is 5.56 Å². The molecule has 28 heavy (non-hydrogen) atoms. The highest BCUT2D eigenvalue weighted by Gasteiger charge is 2.28. The fourth-order valence-corrected chi connectivity index (χ4v) is 2.01. The summed E-state index contributed by atoms with van der Waals surface area (Å²) in [5.41, 5.74) is 7.53. The Morgan fingerprint density at radius 1 is 1.29 bits per heavy atom. The van der Waals surface area contributed by atoms with Crippen LogP contribution in [-0.4, -0.2) is 46.7 Å². The van der Waals surface area contributed by atoms with Crippen LogP contribution in [-0.2, 0) is 4.79 Å². The van der Waals surface area contributed by atoms with Crippen molar-refractivity contribution in [1.82, 2.24) is 4.90 Å². The standard InChI is InChI=1S/C15H15F3N2O3.C4H10N/c1-10(20-7-6-13(14(21)22)19-9-20)11-2-4-12(5-3-11)23-8-15(16,17)18;1-4(2,3)5/h2-7,10H,8-9H2,1H3,(H,21,22);5H,1-3H3/q;-1. The molecule has 1 atom stereocenters. The fourth-order valence-electron chi connectivity index (χ4n) is 2.01. The molecule has 6 nitrogen and oxygen atoms in total. The number of benzene rings is 1. The first-order valence-corrected chi connectivity index (χ1v) is 8.52. The van der Waals surface area contributed by atoms with E-state index in [9.17, 15) is 18.0 Å². The highest BCUT2D eigenvalue weighted by atomic mass is 19.4. The van der Waals surface area contributed by atoms with Crippen LogP contribution in [0.3, 0.4) is 0 Å². The van der Waals surface area contributed by atoms with Gasteiger partial charge in [0.25, 0.3) is 0 Å². The molecule has 0 radical (unpaired) electrons. The normalized spacial score (nSPS) is 15.3. The lowest BCUT2D eigenvalue weighted by Gasteiger charge is -2.28. The molecule has 2 N–H and O–H groups in total. The number of carboxylic acids is 1. The van der Waals surface area contributed by atoms with Crippen LogP contribution in [0.25, 0.3) is 5.73 Å². The van der Waals surface area contributed by atoms with E-state index in [-0.39, 0.29) is 29.7 Å². The summed E-state index contributed by atoms with van der Waals surface area (Å²) in [5.74, 6) is -0.946. The second kappa shape index (κ2) is 9.59. The molecule has 1 aromatic carbocycles. The van der Waals surface area contributed by atoms with Gasteiger partial charge in [-0.15, -0.1) is 5.54 Å². The lowest BCUT2D eigenvalue weighted by atomic mass is 10.1. The van der Waals surface area contributed by atoms with Crippen LogP contribution in [0.1, 0.15) is 39.3 Å². The summed E-state index contributed by atoms with van der Waals surface area (Å²) in [7, 11) is 0. The van der Waals surface area contributed by atoms with Crippen molar-refractivity contribution in [2.45, 2.75) is 45.5 Å². The van der Waals surface area contributed by atoms with Crippen LogP contribution in [0, 0.1) is 0 Å². The van der Waals surface area contributed by atoms with E-state index in [1.165, 1.54) is 18.2 Å². The third-order valence-electron chi connectivity index (χ3n) is 3.31. The molecule has 2 rings (SSSR count). The third kappa shape index (κ3) is 9.40. The Kier molecular flexibility index (Phi) is 8.04. The maximum atomic E-state index is 12.1. The van der Waals surface area contributed by atoms with Crippen molar-refractivity contribution in [3.63, 3.8) is 0 Å². The van der Waals surface area contributed by atoms with Gasteiger partial charge in [0.1, 0.15) is 18.1 Å². The Hall–Kier alpha value is -2.55. The van der Waals surface area contributed by atoms with Crippen LogP contribution >= 0.6 is 0 Å². The minimum Gasteiger partial charge on any atom is -0.673 e. The van der Waals surface area contributed by atoms with Crippen LogP contribution < -0.4 is 4.74 Å². The minimum absolute atomic E-state index is 0.00986. The van der Waals surface area contributed by atoms with Crippen molar-refractivity contribution in [1.29, 1.82) is 0 Å². The van der Waals surface area contributed by atoms with Crippen molar-refractivity contribution < 1.29 is 27.8 Å². The predicted molar refractivity (Wildman–Crippen MR) is 101 cm³/mol. The van der Waals surface area contributed by atoms with Crippen LogP contribution in [0.4, 0.5) is 13.2 Å². The number of rotatable bonds is 5. The lowest BCUT2D eigenvalue weighted by molar-refractivity contribution is -0.153. The first-order valence-electron chi connectivity index (χ1n) is 8.52. The van der Waals surface area contributed by atoms with E-state index < -0.39 is 18.8 Å². The predicted octanol–water partition coefficient (Wildman–Crippen LogP) is 4.84. The second-order valence-corrected chi connectivity index (χ2v) is 7.22. The largest absolute Gasteiger partial charge is 0.673 e. The van der Waals surface area contributed by atoms with Gasteiger partial charge < -0.3 is 20.5 Å². The van der Waals surface area contributed by atoms with Crippen LogP contribution in [0.15, 0.2) is 41.5 Å². The number of aliphatic carboxylic acids is 1. The molecule has 1 aliphatic heterocycles. The molecule has 0 saturated carbocycles. The van der Waals surface area contributed by atoms with Crippen molar-refractivity contribution in [2.75, 3.05) is 13.3 Å². The first kappa shape index (κ1) is 23.5. The van der Waals surface area contributed by atoms with Crippen LogP contribution in [0.5, 0.6) is 5.75 Å². The summed E-state index contributed by atoms with van der Waals surface area (Å²) in [4.78, 5) is 16.5. The summed E-state index contributed by atoms with van der Waals surface area (Å²) in [6, 6.07) is 6.16. The minimum atomic E-state index is -4.37. The summed E-state index contributed by atoms with van der Waals surface area (Å²) in [6.07, 6.45) is -1.33. The topological polar surface area (TPSA) is 85.9 Å². The molecule has 1 heterocycles. The van der Waals surface area contributed by atoms with Crippen molar-refractivity contribution in [3.05, 3.63) is 47.8 Å². The molecule has 0 spiro atoms. The van der Waals surface area contributed by atoms with Gasteiger partial charge in [-0.05, 0) is 30.7 Å². The Morgan fingerprint density at radius 3 is 2.21 bits per heavy atom. The van der Waals surface area contributed by atoms with E-state index in [4.69, 9.17) is 10.8 Å². The zero-order chi connectivity index (χ0) is 21.5. The molecule has 0 aromatic heterocycles. The molecular weight excluding hydrogens is 375 g/mol. The molecule has 0 saturated heterocycles. The third-order valence-corrected chi connectivity index (χ3v) is 3.31. The first-order chi connectivity index (χ1) is 12.8. The highest BCUT2D eigenvalue weighted by Crippen LogP contribution is 2.25. The van der Waals surface area contributed by atoms with E-state index in [1.807, 2.05) is 32.6 Å². The van der Waals surface area contributed by atoms with E-state index in [0.29, 0.717) is 0 Å². The van der Waals surface area contributed by atoms with Gasteiger partial charge in [-0.2, -0.15) is 13.2 Å². The van der Waals surface area contributed by atoms with Gasteiger partial charge in [0.2, 0.25) is 0 Å². The Labute approximate surface area is 162 Å². The number of carboxylic acid groups (broad SMARTS) is 1. The maximum absolute atomic E-state index is 12.1. The molecule has 1 unspecified atom stereocenters. The number of nitrogens with zero attached hydrogens (tertiary/aromatic N) is 2. The van der Waals surface area contributed by atoms with Gasteiger partial charge >= 0.3 is 12.1 Å². The monoisotopic (exact) mass is 400 g/mol. The summed E-state index contributed by atoms with van der Waals surface area (Å²) in [6.45, 7) is 6.32. The lowest BCUT2D eigenvalue weighted by Crippen LogP contribution is -2.27. The van der Waals surface area contributed by atoms with Crippen molar-refractivity contribution in [2.24, 2.45) is 4.99 Å². The molecular formula is C19H25F3N3O3-. The van der Waals surface area contributed by atoms with Gasteiger partial charge in [-0.1, -0.05) is 32.9 Å². The van der Waals surface area contributed by atoms with Crippen molar-refractivity contribution in [3.8, 4) is 5.75 Å². The average Bonchev–Trinajstić information content (AvgIpc) is 2.58. The number of halogens is 3. The number of aliphatic imine (C=N–C) groups is 1. The summed E-state index contributed by atoms with van der Waals surface area (Å²) >= 11 is 0. The number of hydrogen-bond donors (Lipinski definition) is 1. The SMILES string of the molecule is CC(C)(C)[NH-].CC(c1ccc(OCC(F)(F)F)cc1)N1C=CC(C(=O)O)=NC1. The molecule has 0 fully saturated rings. The van der Waals surface area contributed by atoms with Gasteiger partial charge in [-0.25, -0.2) is 4.79 Å². The number of hydrogen-bond acceptors (Lipinski definition) is 4. The molecule has 1 aliphatic rings. The number of ether oxygens (including phenoxy) is 1. The van der Waals surface area contributed by atoms with Gasteiger partial charge in [0, 0.05) is 6.20 Å². The fraction of sp³-hybridized carbons (Fsp3) is 0.474. The highest BCUT2D eigenvalue weighted by molar-refractivity contribution is 6.40. The van der Waals surface area contributed by atoms with E-state index >= 15 is 0 Å².